The van der Waals surface area contributed by atoms with Gasteiger partial charge in [-0.05, 0) is 74.0 Å². The molecule has 2 unspecified atom stereocenters. The van der Waals surface area contributed by atoms with E-state index >= 15 is 0 Å². The summed E-state index contributed by atoms with van der Waals surface area (Å²) >= 11 is 6.32. The average Bonchev–Trinajstić information content (AvgIpc) is 3.13. The van der Waals surface area contributed by atoms with Gasteiger partial charge in [0.25, 0.3) is 5.91 Å². The molecular weight excluding hydrogens is 429 g/mol. The molecule has 3 aromatic rings. The van der Waals surface area contributed by atoms with Crippen LogP contribution in [0.2, 0.25) is 5.02 Å². The highest BCUT2D eigenvalue weighted by atomic mass is 35.5. The number of H-pyrrole nitrogens is 1. The van der Waals surface area contributed by atoms with Gasteiger partial charge in [0.2, 0.25) is 0 Å². The van der Waals surface area contributed by atoms with E-state index < -0.39 is 12.0 Å². The Morgan fingerprint density at radius 2 is 2.12 bits per heavy atom. The van der Waals surface area contributed by atoms with Crippen molar-refractivity contribution in [2.75, 3.05) is 6.54 Å². The largest absolute Gasteiger partial charge is 0.477 e. The Bertz CT molecular complexity index is 1140. The van der Waals surface area contributed by atoms with Crippen LogP contribution in [-0.2, 0) is 17.6 Å². The van der Waals surface area contributed by atoms with Gasteiger partial charge in [0, 0.05) is 23.1 Å². The number of fused-ring (bicyclic) bond motifs is 2. The van der Waals surface area contributed by atoms with E-state index in [1.165, 1.54) is 12.5 Å². The number of carbonyl (C=O) groups excluding carboxylic acids is 1. The minimum absolute atomic E-state index is 0.121. The number of para-hydroxylation sites is 1. The number of nitrogens with zero attached hydrogens (tertiary/aromatic N) is 1. The van der Waals surface area contributed by atoms with Crippen molar-refractivity contribution in [1.29, 1.82) is 0 Å². The van der Waals surface area contributed by atoms with Crippen LogP contribution >= 0.6 is 11.6 Å². The number of nitrogens with two attached hydrogens (primary N) is 1. The summed E-state index contributed by atoms with van der Waals surface area (Å²) in [6.07, 6.45) is 7.05. The van der Waals surface area contributed by atoms with E-state index in [9.17, 15) is 9.18 Å². The zero-order chi connectivity index (χ0) is 22.2. The molecule has 1 aliphatic heterocycles. The summed E-state index contributed by atoms with van der Waals surface area (Å²) in [5, 5.41) is 1.44. The number of aromatic amines is 1. The molecule has 0 radical (unpaired) electrons. The number of aryl methyl sites for hydroxylation is 1. The molecule has 1 fully saturated rings. The number of ether oxygens (including phenoxy) is 1. The van der Waals surface area contributed by atoms with E-state index in [-0.39, 0.29) is 11.9 Å². The number of rotatable bonds is 7. The van der Waals surface area contributed by atoms with E-state index in [1.54, 1.807) is 18.2 Å². The number of carbonyl (C=O) groups is 1. The van der Waals surface area contributed by atoms with Gasteiger partial charge in [-0.2, -0.15) is 0 Å². The molecule has 1 saturated carbocycles. The second kappa shape index (κ2) is 8.75. The first-order valence-electron chi connectivity index (χ1n) is 11.3. The summed E-state index contributed by atoms with van der Waals surface area (Å²) in [6.45, 7) is 0.820. The third-order valence-corrected chi connectivity index (χ3v) is 7.21. The summed E-state index contributed by atoms with van der Waals surface area (Å²) in [4.78, 5) is 18.0. The van der Waals surface area contributed by atoms with Gasteiger partial charge in [-0.25, -0.2) is 4.39 Å². The monoisotopic (exact) mass is 455 g/mol. The highest BCUT2D eigenvalue weighted by Crippen LogP contribution is 2.38. The van der Waals surface area contributed by atoms with E-state index in [2.05, 4.69) is 9.88 Å². The lowest BCUT2D eigenvalue weighted by Crippen LogP contribution is -2.59. The zero-order valence-electron chi connectivity index (χ0n) is 17.8. The van der Waals surface area contributed by atoms with Gasteiger partial charge >= 0.3 is 0 Å². The van der Waals surface area contributed by atoms with Crippen LogP contribution in [0.5, 0.6) is 5.75 Å². The molecule has 2 aliphatic rings. The van der Waals surface area contributed by atoms with Gasteiger partial charge in [0.05, 0.1) is 11.1 Å². The van der Waals surface area contributed by atoms with Gasteiger partial charge in [0.15, 0.2) is 6.10 Å². The van der Waals surface area contributed by atoms with Crippen molar-refractivity contribution in [3.8, 4) is 5.75 Å². The second-order valence-corrected chi connectivity index (χ2v) is 9.28. The van der Waals surface area contributed by atoms with Gasteiger partial charge in [-0.1, -0.05) is 30.2 Å². The second-order valence-electron chi connectivity index (χ2n) is 8.87. The molecule has 1 amide bonds. The van der Waals surface area contributed by atoms with E-state index in [1.807, 2.05) is 18.3 Å². The molecular formula is C25H27ClFN3O2. The molecule has 0 saturated heterocycles. The smallest absolute Gasteiger partial charge is 0.260 e. The standard InChI is InChI=1S/C25H27ClFN3O2/c26-20-8-1-4-15-12-22(24(25(28)31)32-23(15)20)30(18-6-2-7-18)11-3-5-16-14-29-21-10-9-17(27)13-19(16)21/h1,4,8-10,13-14,18,22,24,29H,2-3,5-7,11-12H2,(H2,28,31). The first-order chi connectivity index (χ1) is 15.5. The molecule has 0 bridgehead atoms. The van der Waals surface area contributed by atoms with Gasteiger partial charge in [-0.15, -0.1) is 0 Å². The van der Waals surface area contributed by atoms with Crippen LogP contribution in [0, 0.1) is 5.82 Å². The lowest BCUT2D eigenvalue weighted by molar-refractivity contribution is -0.130. The normalized spacial score (nSPS) is 20.7. The van der Waals surface area contributed by atoms with Crippen LogP contribution < -0.4 is 10.5 Å². The van der Waals surface area contributed by atoms with Crippen LogP contribution in [0.4, 0.5) is 4.39 Å². The molecule has 2 aromatic carbocycles. The van der Waals surface area contributed by atoms with Crippen LogP contribution in [0.15, 0.2) is 42.6 Å². The van der Waals surface area contributed by atoms with Crippen molar-refractivity contribution in [2.45, 2.75) is 56.7 Å². The molecule has 32 heavy (non-hydrogen) atoms. The Hall–Kier alpha value is -2.57. The molecule has 5 rings (SSSR count). The fourth-order valence-electron chi connectivity index (χ4n) is 5.07. The topological polar surface area (TPSA) is 71.4 Å². The predicted octanol–water partition coefficient (Wildman–Crippen LogP) is 4.61. The summed E-state index contributed by atoms with van der Waals surface area (Å²) in [5.74, 6) is -0.115. The number of halogens is 2. The number of benzene rings is 2. The Labute approximate surface area is 191 Å². The molecule has 2 atom stereocenters. The maximum atomic E-state index is 13.7. The fourth-order valence-corrected chi connectivity index (χ4v) is 5.31. The molecule has 0 spiro atoms. The lowest BCUT2D eigenvalue weighted by atomic mass is 9.86. The average molecular weight is 456 g/mol. The number of aromatic nitrogens is 1. The Morgan fingerprint density at radius 1 is 1.28 bits per heavy atom. The van der Waals surface area contributed by atoms with Gasteiger partial charge < -0.3 is 15.5 Å². The zero-order valence-corrected chi connectivity index (χ0v) is 18.6. The minimum Gasteiger partial charge on any atom is -0.477 e. The number of hydrogen-bond acceptors (Lipinski definition) is 3. The minimum atomic E-state index is -0.731. The molecule has 5 nitrogen and oxygen atoms in total. The summed E-state index contributed by atoms with van der Waals surface area (Å²) in [7, 11) is 0. The Balaban J connectivity index is 1.35. The van der Waals surface area contributed by atoms with E-state index in [0.717, 1.165) is 54.3 Å². The third-order valence-electron chi connectivity index (χ3n) is 6.91. The first kappa shape index (κ1) is 21.3. The number of primary amides is 1. The number of hydrogen-bond donors (Lipinski definition) is 2. The molecule has 1 aliphatic carbocycles. The van der Waals surface area contributed by atoms with E-state index in [4.69, 9.17) is 22.1 Å². The Morgan fingerprint density at radius 3 is 2.88 bits per heavy atom. The van der Waals surface area contributed by atoms with Crippen LogP contribution in [0.3, 0.4) is 0 Å². The first-order valence-corrected chi connectivity index (χ1v) is 11.6. The third kappa shape index (κ3) is 3.97. The van der Waals surface area contributed by atoms with Crippen LogP contribution in [0.1, 0.15) is 36.8 Å². The quantitative estimate of drug-likeness (QED) is 0.546. The summed E-state index contributed by atoms with van der Waals surface area (Å²) in [6, 6.07) is 10.8. The van der Waals surface area contributed by atoms with E-state index in [0.29, 0.717) is 23.2 Å². The molecule has 7 heteroatoms. The molecule has 2 heterocycles. The lowest BCUT2D eigenvalue weighted by Gasteiger charge is -2.46. The SMILES string of the molecule is NC(=O)C1Oc2c(Cl)cccc2CC1N(CCCc1c[nH]c2ccc(F)cc12)C1CCC1. The highest BCUT2D eigenvalue weighted by molar-refractivity contribution is 6.32. The number of nitrogens with one attached hydrogen (secondary N) is 1. The maximum absolute atomic E-state index is 13.7. The Kier molecular flexibility index (Phi) is 5.82. The number of amides is 1. The van der Waals surface area contributed by atoms with Crippen molar-refractivity contribution in [3.05, 3.63) is 64.6 Å². The van der Waals surface area contributed by atoms with Crippen molar-refractivity contribution >= 4 is 28.4 Å². The fraction of sp³-hybridized carbons (Fsp3) is 0.400. The van der Waals surface area contributed by atoms with Crippen LogP contribution in [-0.4, -0.2) is 40.5 Å². The predicted molar refractivity (Wildman–Crippen MR) is 123 cm³/mol. The summed E-state index contributed by atoms with van der Waals surface area (Å²) in [5.41, 5.74) is 8.83. The van der Waals surface area contributed by atoms with Gasteiger partial charge in [0.1, 0.15) is 11.6 Å². The molecule has 1 aromatic heterocycles. The highest BCUT2D eigenvalue weighted by Gasteiger charge is 2.42. The summed E-state index contributed by atoms with van der Waals surface area (Å²) < 4.78 is 19.8. The van der Waals surface area contributed by atoms with Crippen molar-refractivity contribution in [2.24, 2.45) is 5.73 Å². The van der Waals surface area contributed by atoms with Crippen molar-refractivity contribution < 1.29 is 13.9 Å². The molecule has 168 valence electrons. The van der Waals surface area contributed by atoms with Crippen LogP contribution in [0.25, 0.3) is 10.9 Å². The van der Waals surface area contributed by atoms with Gasteiger partial charge in [-0.3, -0.25) is 9.69 Å². The maximum Gasteiger partial charge on any atom is 0.260 e. The van der Waals surface area contributed by atoms with Crippen molar-refractivity contribution in [1.82, 2.24) is 9.88 Å². The van der Waals surface area contributed by atoms with Crippen molar-refractivity contribution in [3.63, 3.8) is 0 Å². The molecule has 3 N–H and O–H groups in total.